The van der Waals surface area contributed by atoms with Gasteiger partial charge in [-0.25, -0.2) is 4.39 Å². The van der Waals surface area contributed by atoms with Gasteiger partial charge < -0.3 is 9.80 Å². The average molecular weight is 306 g/mol. The van der Waals surface area contributed by atoms with Crippen molar-refractivity contribution < 1.29 is 9.29 Å². The Hall–Kier alpha value is -1.58. The van der Waals surface area contributed by atoms with Crippen molar-refractivity contribution in [1.29, 1.82) is 0 Å². The standard InChI is InChI=1S/C17H18ClFN2/c18-15-2-1-3-17(12-15)21-10-8-20(9-11-21)13-14-4-6-16(19)7-5-14/h1-7,12H,8-11,13H2/p+1. The maximum atomic E-state index is 12.9. The Morgan fingerprint density at radius 3 is 2.43 bits per heavy atom. The smallest absolute Gasteiger partial charge is 0.123 e. The Morgan fingerprint density at radius 1 is 1.05 bits per heavy atom. The molecule has 21 heavy (non-hydrogen) atoms. The van der Waals surface area contributed by atoms with E-state index in [0.717, 1.165) is 37.7 Å². The van der Waals surface area contributed by atoms with E-state index in [9.17, 15) is 4.39 Å². The quantitative estimate of drug-likeness (QED) is 0.915. The lowest BCUT2D eigenvalue weighted by Crippen LogP contribution is -3.13. The first-order chi connectivity index (χ1) is 10.2. The second-order valence-corrected chi connectivity index (χ2v) is 5.96. The molecule has 1 fully saturated rings. The molecule has 1 N–H and O–H groups in total. The minimum atomic E-state index is -0.167. The van der Waals surface area contributed by atoms with E-state index < -0.39 is 0 Å². The summed E-state index contributed by atoms with van der Waals surface area (Å²) in [6.07, 6.45) is 0. The van der Waals surface area contributed by atoms with Gasteiger partial charge in [0.25, 0.3) is 0 Å². The molecule has 0 saturated carbocycles. The summed E-state index contributed by atoms with van der Waals surface area (Å²) in [7, 11) is 0. The zero-order chi connectivity index (χ0) is 14.7. The first-order valence-corrected chi connectivity index (χ1v) is 7.67. The van der Waals surface area contributed by atoms with Crippen LogP contribution in [-0.2, 0) is 6.54 Å². The Kier molecular flexibility index (Phi) is 4.42. The maximum absolute atomic E-state index is 12.9. The van der Waals surface area contributed by atoms with Crippen molar-refractivity contribution >= 4 is 17.3 Å². The van der Waals surface area contributed by atoms with Crippen LogP contribution in [0, 0.1) is 5.82 Å². The lowest BCUT2D eigenvalue weighted by molar-refractivity contribution is -0.914. The maximum Gasteiger partial charge on any atom is 0.123 e. The van der Waals surface area contributed by atoms with E-state index in [1.165, 1.54) is 23.4 Å². The summed E-state index contributed by atoms with van der Waals surface area (Å²) in [5.74, 6) is -0.167. The summed E-state index contributed by atoms with van der Waals surface area (Å²) < 4.78 is 12.9. The molecule has 1 aliphatic rings. The highest BCUT2D eigenvalue weighted by Gasteiger charge is 2.20. The van der Waals surface area contributed by atoms with Crippen LogP contribution in [-0.4, -0.2) is 26.2 Å². The summed E-state index contributed by atoms with van der Waals surface area (Å²) in [4.78, 5) is 3.92. The Labute approximate surface area is 129 Å². The van der Waals surface area contributed by atoms with E-state index in [2.05, 4.69) is 11.0 Å². The highest BCUT2D eigenvalue weighted by Crippen LogP contribution is 2.19. The van der Waals surface area contributed by atoms with Crippen molar-refractivity contribution in [2.24, 2.45) is 0 Å². The molecule has 0 amide bonds. The van der Waals surface area contributed by atoms with Gasteiger partial charge in [0.15, 0.2) is 0 Å². The molecule has 0 radical (unpaired) electrons. The highest BCUT2D eigenvalue weighted by molar-refractivity contribution is 6.30. The number of benzene rings is 2. The second kappa shape index (κ2) is 6.46. The van der Waals surface area contributed by atoms with Crippen LogP contribution in [0.25, 0.3) is 0 Å². The number of nitrogens with one attached hydrogen (secondary N) is 1. The van der Waals surface area contributed by atoms with E-state index in [1.54, 1.807) is 4.90 Å². The van der Waals surface area contributed by atoms with Crippen LogP contribution in [0.3, 0.4) is 0 Å². The predicted octanol–water partition coefficient (Wildman–Crippen LogP) is 2.38. The molecular weight excluding hydrogens is 287 g/mol. The van der Waals surface area contributed by atoms with Gasteiger partial charge in [-0.1, -0.05) is 29.8 Å². The number of hydrogen-bond donors (Lipinski definition) is 1. The molecule has 1 saturated heterocycles. The van der Waals surface area contributed by atoms with Gasteiger partial charge in [0.05, 0.1) is 26.2 Å². The zero-order valence-corrected chi connectivity index (χ0v) is 12.6. The summed E-state index contributed by atoms with van der Waals surface area (Å²) in [5.41, 5.74) is 2.39. The van der Waals surface area contributed by atoms with Crippen LogP contribution >= 0.6 is 11.6 Å². The van der Waals surface area contributed by atoms with E-state index in [-0.39, 0.29) is 5.82 Å². The Bertz CT molecular complexity index is 592. The fourth-order valence-corrected chi connectivity index (χ4v) is 3.01. The van der Waals surface area contributed by atoms with Crippen LogP contribution < -0.4 is 9.80 Å². The van der Waals surface area contributed by atoms with Gasteiger partial charge >= 0.3 is 0 Å². The van der Waals surface area contributed by atoms with Crippen molar-refractivity contribution in [3.63, 3.8) is 0 Å². The third-order valence-electron chi connectivity index (χ3n) is 4.01. The average Bonchev–Trinajstić information content (AvgIpc) is 2.50. The van der Waals surface area contributed by atoms with Crippen molar-refractivity contribution in [2.45, 2.75) is 6.54 Å². The summed E-state index contributed by atoms with van der Waals surface area (Å²) >= 11 is 6.05. The minimum Gasteiger partial charge on any atom is -0.360 e. The highest BCUT2D eigenvalue weighted by atomic mass is 35.5. The first kappa shape index (κ1) is 14.4. The molecule has 110 valence electrons. The number of anilines is 1. The first-order valence-electron chi connectivity index (χ1n) is 7.29. The number of piperazine rings is 1. The molecule has 3 rings (SSSR count). The summed E-state index contributed by atoms with van der Waals surface area (Å²) in [5, 5.41) is 0.786. The molecule has 2 nitrogen and oxygen atoms in total. The van der Waals surface area contributed by atoms with E-state index in [0.29, 0.717) is 0 Å². The number of nitrogens with zero attached hydrogens (tertiary/aromatic N) is 1. The van der Waals surface area contributed by atoms with Gasteiger partial charge in [0.2, 0.25) is 0 Å². The zero-order valence-electron chi connectivity index (χ0n) is 11.9. The number of quaternary nitrogens is 1. The van der Waals surface area contributed by atoms with Gasteiger partial charge in [-0.05, 0) is 30.3 Å². The second-order valence-electron chi connectivity index (χ2n) is 5.52. The molecular formula is C17H19ClFN2+. The normalized spacial score (nSPS) is 16.2. The molecule has 0 atom stereocenters. The lowest BCUT2D eigenvalue weighted by Gasteiger charge is -2.33. The third-order valence-corrected chi connectivity index (χ3v) is 4.25. The van der Waals surface area contributed by atoms with Crippen LogP contribution in [0.5, 0.6) is 0 Å². The molecule has 0 spiro atoms. The molecule has 4 heteroatoms. The van der Waals surface area contributed by atoms with Gasteiger partial charge in [-0.15, -0.1) is 0 Å². The molecule has 0 bridgehead atoms. The van der Waals surface area contributed by atoms with Crippen LogP contribution in [0.15, 0.2) is 48.5 Å². The summed E-state index contributed by atoms with van der Waals surface area (Å²) in [6.45, 7) is 5.19. The van der Waals surface area contributed by atoms with E-state index >= 15 is 0 Å². The van der Waals surface area contributed by atoms with Crippen molar-refractivity contribution in [3.05, 3.63) is 64.9 Å². The fraction of sp³-hybridized carbons (Fsp3) is 0.294. The van der Waals surface area contributed by atoms with Crippen LogP contribution in [0.2, 0.25) is 5.02 Å². The Balaban J connectivity index is 1.56. The van der Waals surface area contributed by atoms with Crippen LogP contribution in [0.4, 0.5) is 10.1 Å². The van der Waals surface area contributed by atoms with Crippen molar-refractivity contribution in [1.82, 2.24) is 0 Å². The SMILES string of the molecule is Fc1ccc(C[NH+]2CCN(c3cccc(Cl)c3)CC2)cc1. The number of halogens is 2. The number of rotatable bonds is 3. The predicted molar refractivity (Wildman–Crippen MR) is 84.5 cm³/mol. The van der Waals surface area contributed by atoms with Crippen molar-refractivity contribution in [2.75, 3.05) is 31.1 Å². The Morgan fingerprint density at radius 2 is 1.76 bits per heavy atom. The topological polar surface area (TPSA) is 7.68 Å². The van der Waals surface area contributed by atoms with E-state index in [4.69, 9.17) is 11.6 Å². The molecule has 0 aromatic heterocycles. The number of hydrogen-bond acceptors (Lipinski definition) is 1. The van der Waals surface area contributed by atoms with Gasteiger partial charge in [-0.3, -0.25) is 0 Å². The van der Waals surface area contributed by atoms with E-state index in [1.807, 2.05) is 30.3 Å². The van der Waals surface area contributed by atoms with Gasteiger partial charge in [-0.2, -0.15) is 0 Å². The molecule has 2 aromatic rings. The monoisotopic (exact) mass is 305 g/mol. The van der Waals surface area contributed by atoms with Crippen molar-refractivity contribution in [3.8, 4) is 0 Å². The molecule has 1 heterocycles. The molecule has 1 aliphatic heterocycles. The van der Waals surface area contributed by atoms with Crippen LogP contribution in [0.1, 0.15) is 5.56 Å². The fourth-order valence-electron chi connectivity index (χ4n) is 2.82. The molecule has 0 aliphatic carbocycles. The van der Waals surface area contributed by atoms with Gasteiger partial charge in [0, 0.05) is 16.3 Å². The molecule has 0 unspecified atom stereocenters. The largest absolute Gasteiger partial charge is 0.360 e. The van der Waals surface area contributed by atoms with Gasteiger partial charge in [0.1, 0.15) is 12.4 Å². The molecule has 2 aromatic carbocycles. The lowest BCUT2D eigenvalue weighted by atomic mass is 10.2. The minimum absolute atomic E-state index is 0.167. The summed E-state index contributed by atoms with van der Waals surface area (Å²) in [6, 6.07) is 14.9. The third kappa shape index (κ3) is 3.74.